The van der Waals surface area contributed by atoms with Crippen molar-refractivity contribution in [1.82, 2.24) is 4.72 Å². The van der Waals surface area contributed by atoms with E-state index < -0.39 is 32.8 Å². The Morgan fingerprint density at radius 3 is 2.00 bits per heavy atom. The molecule has 160 valence electrons. The maximum Gasteiger partial charge on any atom is 0.222 e. The van der Waals surface area contributed by atoms with Crippen molar-refractivity contribution in [1.29, 1.82) is 0 Å². The van der Waals surface area contributed by atoms with Gasteiger partial charge in [-0.1, -0.05) is 81.4 Å². The lowest BCUT2D eigenvalue weighted by Gasteiger charge is -2.32. The van der Waals surface area contributed by atoms with Crippen LogP contribution in [0.5, 0.6) is 0 Å². The van der Waals surface area contributed by atoms with E-state index in [-0.39, 0.29) is 17.1 Å². The minimum Gasteiger partial charge on any atom is -0.322 e. The van der Waals surface area contributed by atoms with Crippen molar-refractivity contribution in [3.63, 3.8) is 0 Å². The van der Waals surface area contributed by atoms with Gasteiger partial charge in [0, 0.05) is 5.41 Å². The highest BCUT2D eigenvalue weighted by Gasteiger charge is 2.69. The summed E-state index contributed by atoms with van der Waals surface area (Å²) in [6.07, 6.45) is 1.50. The molecule has 3 N–H and O–H groups in total. The van der Waals surface area contributed by atoms with Crippen LogP contribution in [0.3, 0.4) is 0 Å². The molecule has 4 rings (SSSR count). The Morgan fingerprint density at radius 2 is 1.50 bits per heavy atom. The third kappa shape index (κ3) is 3.13. The third-order valence-electron chi connectivity index (χ3n) is 7.80. The number of sulfonamides is 1. The second-order valence-corrected chi connectivity index (χ2v) is 11.3. The minimum absolute atomic E-state index is 0.156. The lowest BCUT2D eigenvalue weighted by Crippen LogP contribution is -2.47. The average molecular weight is 427 g/mol. The number of hydrogen-bond donors (Lipinski definition) is 2. The molecule has 2 aromatic carbocycles. The Hall–Kier alpha value is -2.02. The van der Waals surface area contributed by atoms with Gasteiger partial charge in [-0.2, -0.15) is 0 Å². The maximum absolute atomic E-state index is 13.6. The van der Waals surface area contributed by atoms with Gasteiger partial charge in [0.05, 0.1) is 12.1 Å². The molecule has 0 saturated heterocycles. The second-order valence-electron chi connectivity index (χ2n) is 9.47. The number of ketones is 1. The predicted molar refractivity (Wildman–Crippen MR) is 118 cm³/mol. The molecule has 0 aromatic heterocycles. The molecule has 2 aliphatic rings. The smallest absolute Gasteiger partial charge is 0.222 e. The topological polar surface area (TPSA) is 89.3 Å². The Kier molecular flexibility index (Phi) is 5.16. The highest BCUT2D eigenvalue weighted by atomic mass is 32.2. The first kappa shape index (κ1) is 21.2. The van der Waals surface area contributed by atoms with Gasteiger partial charge in [-0.15, -0.1) is 0 Å². The van der Waals surface area contributed by atoms with E-state index in [1.54, 1.807) is 0 Å². The van der Waals surface area contributed by atoms with E-state index in [0.29, 0.717) is 0 Å². The summed E-state index contributed by atoms with van der Waals surface area (Å²) < 4.78 is 30.0. The zero-order valence-corrected chi connectivity index (χ0v) is 18.5. The van der Waals surface area contributed by atoms with E-state index in [1.165, 1.54) is 0 Å². The first-order valence-electron chi connectivity index (χ1n) is 10.5. The van der Waals surface area contributed by atoms with Crippen LogP contribution in [0.2, 0.25) is 0 Å². The molecule has 5 atom stereocenters. The fourth-order valence-corrected chi connectivity index (χ4v) is 7.72. The number of carbonyl (C=O) groups is 1. The molecule has 3 unspecified atom stereocenters. The van der Waals surface area contributed by atoms with Crippen LogP contribution in [0.1, 0.15) is 56.8 Å². The first-order valence-corrected chi connectivity index (χ1v) is 12.1. The molecule has 2 bridgehead atoms. The summed E-state index contributed by atoms with van der Waals surface area (Å²) >= 11 is 0. The number of rotatable bonds is 6. The van der Waals surface area contributed by atoms with Gasteiger partial charge in [-0.3, -0.25) is 4.79 Å². The molecule has 2 aliphatic carbocycles. The van der Waals surface area contributed by atoms with Gasteiger partial charge >= 0.3 is 0 Å². The molecular weight excluding hydrogens is 396 g/mol. The second kappa shape index (κ2) is 7.29. The number of benzene rings is 2. The molecule has 2 saturated carbocycles. The highest BCUT2D eigenvalue weighted by Crippen LogP contribution is 2.64. The molecule has 30 heavy (non-hydrogen) atoms. The van der Waals surface area contributed by atoms with Crippen molar-refractivity contribution in [3.05, 3.63) is 71.8 Å². The van der Waals surface area contributed by atoms with Crippen LogP contribution in [-0.2, 0) is 14.8 Å². The van der Waals surface area contributed by atoms with Gasteiger partial charge in [0.1, 0.15) is 5.25 Å². The summed E-state index contributed by atoms with van der Waals surface area (Å²) in [5.74, 6) is -0.340. The molecule has 0 radical (unpaired) electrons. The van der Waals surface area contributed by atoms with Gasteiger partial charge < -0.3 is 5.73 Å². The fourth-order valence-electron chi connectivity index (χ4n) is 5.49. The van der Waals surface area contributed by atoms with Crippen LogP contribution in [0.25, 0.3) is 0 Å². The van der Waals surface area contributed by atoms with Crippen molar-refractivity contribution >= 4 is 15.8 Å². The summed E-state index contributed by atoms with van der Waals surface area (Å²) in [6.45, 7) is 5.99. The Labute approximate surface area is 179 Å². The van der Waals surface area contributed by atoms with Crippen LogP contribution < -0.4 is 10.5 Å². The number of nitrogens with one attached hydrogen (secondary N) is 1. The van der Waals surface area contributed by atoms with Crippen molar-refractivity contribution in [2.75, 3.05) is 0 Å². The molecule has 2 aromatic rings. The van der Waals surface area contributed by atoms with Crippen LogP contribution in [0, 0.1) is 16.7 Å². The summed E-state index contributed by atoms with van der Waals surface area (Å²) in [5, 5.41) is -1.03. The average Bonchev–Trinajstić information content (AvgIpc) is 3.05. The molecule has 0 aliphatic heterocycles. The minimum atomic E-state index is -3.93. The van der Waals surface area contributed by atoms with Gasteiger partial charge in [0.15, 0.2) is 5.78 Å². The van der Waals surface area contributed by atoms with Gasteiger partial charge in [0.25, 0.3) is 0 Å². The Bertz CT molecular complexity index is 1040. The summed E-state index contributed by atoms with van der Waals surface area (Å²) in [4.78, 5) is 13.3. The van der Waals surface area contributed by atoms with Crippen molar-refractivity contribution in [2.45, 2.75) is 50.9 Å². The first-order chi connectivity index (χ1) is 14.1. The summed E-state index contributed by atoms with van der Waals surface area (Å²) in [5.41, 5.74) is 7.23. The molecule has 0 amide bonds. The van der Waals surface area contributed by atoms with E-state index in [4.69, 9.17) is 5.73 Å². The molecule has 5 nitrogen and oxygen atoms in total. The lowest BCUT2D eigenvalue weighted by molar-refractivity contribution is -0.127. The highest BCUT2D eigenvalue weighted by molar-refractivity contribution is 7.91. The third-order valence-corrected chi connectivity index (χ3v) is 9.59. The SMILES string of the molecule is CC12CCC(C(S(=O)(=O)N[C@H](c3ccccc3)[C@H](N)c3ccccc3)C1=O)C2(C)C. The van der Waals surface area contributed by atoms with Crippen molar-refractivity contribution in [3.8, 4) is 0 Å². The normalized spacial score (nSPS) is 29.7. The molecular formula is C24H30N2O3S. The maximum atomic E-state index is 13.6. The van der Waals surface area contributed by atoms with E-state index in [9.17, 15) is 13.2 Å². The van der Waals surface area contributed by atoms with Crippen LogP contribution in [0.15, 0.2) is 60.7 Å². The van der Waals surface area contributed by atoms with Crippen molar-refractivity contribution < 1.29 is 13.2 Å². The van der Waals surface area contributed by atoms with Gasteiger partial charge in [0.2, 0.25) is 10.0 Å². The van der Waals surface area contributed by atoms with E-state index in [2.05, 4.69) is 4.72 Å². The predicted octanol–water partition coefficient (Wildman–Crippen LogP) is 3.74. The van der Waals surface area contributed by atoms with E-state index in [1.807, 2.05) is 81.4 Å². The summed E-state index contributed by atoms with van der Waals surface area (Å²) in [7, 11) is -3.93. The summed E-state index contributed by atoms with van der Waals surface area (Å²) in [6, 6.07) is 17.5. The van der Waals surface area contributed by atoms with Gasteiger partial charge in [-0.05, 0) is 35.3 Å². The van der Waals surface area contributed by atoms with Crippen LogP contribution in [0.4, 0.5) is 0 Å². The largest absolute Gasteiger partial charge is 0.322 e. The number of nitrogens with two attached hydrogens (primary N) is 1. The zero-order chi connectivity index (χ0) is 21.7. The standard InChI is InChI=1S/C24H30N2O3S/c1-23(2)18-14-15-24(23,3)22(27)21(18)30(28,29)26-20(17-12-8-5-9-13-17)19(25)16-10-6-4-7-11-16/h4-13,18-21,26H,14-15,25H2,1-3H3/t18?,19-,20-,21?,24?/m1/s1. The van der Waals surface area contributed by atoms with Crippen LogP contribution in [-0.4, -0.2) is 19.5 Å². The molecule has 0 heterocycles. The Morgan fingerprint density at radius 1 is 0.967 bits per heavy atom. The number of hydrogen-bond acceptors (Lipinski definition) is 4. The van der Waals surface area contributed by atoms with Gasteiger partial charge in [-0.25, -0.2) is 13.1 Å². The number of Topliss-reactive ketones (excluding diaryl/α,β-unsaturated/α-hetero) is 1. The van der Waals surface area contributed by atoms with Crippen molar-refractivity contribution in [2.24, 2.45) is 22.5 Å². The van der Waals surface area contributed by atoms with E-state index in [0.717, 1.165) is 24.0 Å². The van der Waals surface area contributed by atoms with E-state index >= 15 is 0 Å². The Balaban J connectivity index is 1.71. The monoisotopic (exact) mass is 426 g/mol. The number of carbonyl (C=O) groups excluding carboxylic acids is 1. The fraction of sp³-hybridized carbons (Fsp3) is 0.458. The zero-order valence-electron chi connectivity index (χ0n) is 17.7. The molecule has 6 heteroatoms. The molecule has 0 spiro atoms. The molecule has 2 fully saturated rings. The quantitative estimate of drug-likeness (QED) is 0.736. The van der Waals surface area contributed by atoms with Crippen LogP contribution >= 0.6 is 0 Å². The lowest BCUT2D eigenvalue weighted by atomic mass is 9.70. The number of fused-ring (bicyclic) bond motifs is 2.